The van der Waals surface area contributed by atoms with Crippen molar-refractivity contribution in [3.8, 4) is 5.75 Å². The number of Topliss-reactive ketones (excluding diaryl/α,β-unsaturated/α-hetero) is 1. The lowest BCUT2D eigenvalue weighted by Gasteiger charge is -2.25. The largest absolute Gasteiger partial charge is 0.507 e. The number of hydrogen-bond donors (Lipinski definition) is 1. The molecule has 0 unspecified atom stereocenters. The average Bonchev–Trinajstić information content (AvgIpc) is 3.21. The summed E-state index contributed by atoms with van der Waals surface area (Å²) in [5.74, 6) is -0.933. The molecule has 1 aliphatic heterocycles. The lowest BCUT2D eigenvalue weighted by Crippen LogP contribution is -2.29. The van der Waals surface area contributed by atoms with E-state index in [1.165, 1.54) is 4.90 Å². The summed E-state index contributed by atoms with van der Waals surface area (Å²) in [4.78, 5) is 32.2. The maximum absolute atomic E-state index is 13.3. The van der Waals surface area contributed by atoms with E-state index in [0.29, 0.717) is 17.9 Å². The maximum Gasteiger partial charge on any atom is 0.295 e. The molecule has 0 aliphatic carbocycles. The number of rotatable bonds is 8. The fourth-order valence-electron chi connectivity index (χ4n) is 4.85. The standard InChI is InChI=1S/C33H30N2O4/c1-3-23-9-11-26(12-10-23)30-29(32(37)33(38)35(30)20-25-8-5-17-34-19-25)31(36)27-13-15-28(16-14-27)39-21-24-7-4-6-22(2)18-24/h4-19,30,36H,3,20-21H2,1-2H3/t30-/m1/s1. The molecular weight excluding hydrogens is 488 g/mol. The molecular formula is C33H30N2O4. The van der Waals surface area contributed by atoms with E-state index in [9.17, 15) is 14.7 Å². The molecule has 6 nitrogen and oxygen atoms in total. The van der Waals surface area contributed by atoms with Crippen molar-refractivity contribution in [1.29, 1.82) is 0 Å². The second-order valence-corrected chi connectivity index (χ2v) is 9.69. The van der Waals surface area contributed by atoms with Gasteiger partial charge in [0, 0.05) is 24.5 Å². The highest BCUT2D eigenvalue weighted by Crippen LogP contribution is 2.40. The van der Waals surface area contributed by atoms with Gasteiger partial charge in [0.15, 0.2) is 0 Å². The quantitative estimate of drug-likeness (QED) is 0.172. The number of benzene rings is 3. The van der Waals surface area contributed by atoms with Gasteiger partial charge in [-0.3, -0.25) is 14.6 Å². The number of aliphatic hydroxyl groups excluding tert-OH is 1. The first-order valence-electron chi connectivity index (χ1n) is 13.0. The van der Waals surface area contributed by atoms with Gasteiger partial charge in [-0.1, -0.05) is 67.1 Å². The Hall–Kier alpha value is -4.71. The monoisotopic (exact) mass is 518 g/mol. The van der Waals surface area contributed by atoms with Crippen molar-refractivity contribution < 1.29 is 19.4 Å². The van der Waals surface area contributed by atoms with Crippen molar-refractivity contribution in [2.75, 3.05) is 0 Å². The Morgan fingerprint density at radius 3 is 2.33 bits per heavy atom. The second kappa shape index (κ2) is 11.4. The molecule has 1 fully saturated rings. The van der Waals surface area contributed by atoms with Crippen molar-refractivity contribution in [1.82, 2.24) is 9.88 Å². The molecule has 4 aromatic rings. The fourth-order valence-corrected chi connectivity index (χ4v) is 4.85. The van der Waals surface area contributed by atoms with Crippen molar-refractivity contribution in [3.05, 3.63) is 136 Å². The Labute approximate surface area is 228 Å². The van der Waals surface area contributed by atoms with Gasteiger partial charge in [-0.15, -0.1) is 0 Å². The molecule has 1 N–H and O–H groups in total. The van der Waals surface area contributed by atoms with E-state index in [1.54, 1.807) is 42.7 Å². The lowest BCUT2D eigenvalue weighted by molar-refractivity contribution is -0.140. The zero-order chi connectivity index (χ0) is 27.4. The number of carbonyl (C=O) groups excluding carboxylic acids is 2. The average molecular weight is 519 g/mol. The van der Waals surface area contributed by atoms with Crippen molar-refractivity contribution in [3.63, 3.8) is 0 Å². The molecule has 0 spiro atoms. The number of nitrogens with zero attached hydrogens (tertiary/aromatic N) is 2. The molecule has 5 rings (SSSR count). The minimum absolute atomic E-state index is 0.0709. The summed E-state index contributed by atoms with van der Waals surface area (Å²) >= 11 is 0. The summed E-state index contributed by atoms with van der Waals surface area (Å²) in [5, 5.41) is 11.4. The third-order valence-electron chi connectivity index (χ3n) is 6.94. The summed E-state index contributed by atoms with van der Waals surface area (Å²) in [5.41, 5.74) is 5.43. The van der Waals surface area contributed by atoms with Crippen molar-refractivity contribution in [2.45, 2.75) is 39.5 Å². The van der Waals surface area contributed by atoms with Gasteiger partial charge in [0.25, 0.3) is 11.7 Å². The molecule has 0 saturated carbocycles. The summed E-state index contributed by atoms with van der Waals surface area (Å²) in [6, 6.07) is 25.7. The minimum Gasteiger partial charge on any atom is -0.507 e. The van der Waals surface area contributed by atoms with E-state index < -0.39 is 17.7 Å². The van der Waals surface area contributed by atoms with E-state index in [4.69, 9.17) is 4.74 Å². The van der Waals surface area contributed by atoms with E-state index in [0.717, 1.165) is 34.2 Å². The summed E-state index contributed by atoms with van der Waals surface area (Å²) in [7, 11) is 0. The maximum atomic E-state index is 13.3. The van der Waals surface area contributed by atoms with Crippen LogP contribution < -0.4 is 4.74 Å². The van der Waals surface area contributed by atoms with Crippen LogP contribution in [0.3, 0.4) is 0 Å². The Morgan fingerprint density at radius 1 is 0.923 bits per heavy atom. The van der Waals surface area contributed by atoms with Crippen LogP contribution >= 0.6 is 0 Å². The molecule has 6 heteroatoms. The Bertz CT molecular complexity index is 1510. The highest BCUT2D eigenvalue weighted by atomic mass is 16.5. The van der Waals surface area contributed by atoms with Crippen LogP contribution in [0, 0.1) is 6.92 Å². The SMILES string of the molecule is CCc1ccc([C@@H]2C(=C(O)c3ccc(OCc4cccc(C)c4)cc3)C(=O)C(=O)N2Cc2cccnc2)cc1. The smallest absolute Gasteiger partial charge is 0.295 e. The summed E-state index contributed by atoms with van der Waals surface area (Å²) < 4.78 is 5.91. The predicted molar refractivity (Wildman–Crippen MR) is 150 cm³/mol. The number of ketones is 1. The van der Waals surface area contributed by atoms with Gasteiger partial charge in [0.05, 0.1) is 11.6 Å². The van der Waals surface area contributed by atoms with Crippen molar-refractivity contribution >= 4 is 17.4 Å². The van der Waals surface area contributed by atoms with Crippen molar-refractivity contribution in [2.24, 2.45) is 0 Å². The number of amides is 1. The minimum atomic E-state index is -0.728. The molecule has 1 atom stereocenters. The molecule has 0 radical (unpaired) electrons. The highest BCUT2D eigenvalue weighted by molar-refractivity contribution is 6.46. The summed E-state index contributed by atoms with van der Waals surface area (Å²) in [6.07, 6.45) is 4.20. The fraction of sp³-hybridized carbons (Fsp3) is 0.182. The van der Waals surface area contributed by atoms with Gasteiger partial charge >= 0.3 is 0 Å². The first-order chi connectivity index (χ1) is 18.9. The second-order valence-electron chi connectivity index (χ2n) is 9.69. The molecule has 3 aromatic carbocycles. The van der Waals surface area contributed by atoms with E-state index in [1.807, 2.05) is 55.5 Å². The van der Waals surface area contributed by atoms with E-state index in [2.05, 4.69) is 18.0 Å². The Kier molecular flexibility index (Phi) is 7.55. The number of aromatic nitrogens is 1. The zero-order valence-corrected chi connectivity index (χ0v) is 22.0. The third-order valence-corrected chi connectivity index (χ3v) is 6.94. The Morgan fingerprint density at radius 2 is 1.67 bits per heavy atom. The van der Waals surface area contributed by atoms with E-state index >= 15 is 0 Å². The number of aliphatic hydroxyl groups is 1. The van der Waals surface area contributed by atoms with Crippen LogP contribution in [0.2, 0.25) is 0 Å². The van der Waals surface area contributed by atoms with Gasteiger partial charge in [-0.25, -0.2) is 0 Å². The van der Waals surface area contributed by atoms with Crippen LogP contribution in [-0.4, -0.2) is 26.7 Å². The lowest BCUT2D eigenvalue weighted by atomic mass is 9.94. The molecule has 2 heterocycles. The van der Waals surface area contributed by atoms with Gasteiger partial charge in [0.1, 0.15) is 18.1 Å². The van der Waals surface area contributed by atoms with Gasteiger partial charge in [-0.2, -0.15) is 0 Å². The van der Waals surface area contributed by atoms with Crippen LogP contribution in [-0.2, 0) is 29.2 Å². The van der Waals surface area contributed by atoms with Gasteiger partial charge < -0.3 is 14.7 Å². The molecule has 1 aromatic heterocycles. The number of likely N-dealkylation sites (tertiary alicyclic amines) is 1. The van der Waals surface area contributed by atoms with Crippen LogP contribution in [0.1, 0.15) is 46.3 Å². The molecule has 196 valence electrons. The first-order valence-corrected chi connectivity index (χ1v) is 13.0. The Balaban J connectivity index is 1.47. The van der Waals surface area contributed by atoms with Crippen LogP contribution in [0.25, 0.3) is 5.76 Å². The first kappa shape index (κ1) is 25.9. The number of ether oxygens (including phenoxy) is 1. The molecule has 1 saturated heterocycles. The predicted octanol–water partition coefficient (Wildman–Crippen LogP) is 6.15. The molecule has 0 bridgehead atoms. The summed E-state index contributed by atoms with van der Waals surface area (Å²) in [6.45, 7) is 4.71. The molecule has 1 aliphatic rings. The topological polar surface area (TPSA) is 79.7 Å². The number of aryl methyl sites for hydroxylation is 2. The number of hydrogen-bond acceptors (Lipinski definition) is 5. The van der Waals surface area contributed by atoms with Gasteiger partial charge in [-0.05, 0) is 65.9 Å². The highest BCUT2D eigenvalue weighted by Gasteiger charge is 2.46. The van der Waals surface area contributed by atoms with Gasteiger partial charge in [0.2, 0.25) is 0 Å². The normalized spacial score (nSPS) is 16.5. The molecule has 39 heavy (non-hydrogen) atoms. The zero-order valence-electron chi connectivity index (χ0n) is 22.0. The van der Waals surface area contributed by atoms with Crippen LogP contribution in [0.5, 0.6) is 5.75 Å². The molecule has 1 amide bonds. The number of carbonyl (C=O) groups is 2. The van der Waals surface area contributed by atoms with E-state index in [-0.39, 0.29) is 17.9 Å². The van der Waals surface area contributed by atoms with Crippen LogP contribution in [0.15, 0.2) is 103 Å². The number of pyridine rings is 1. The third kappa shape index (κ3) is 5.60. The van der Waals surface area contributed by atoms with Crippen LogP contribution in [0.4, 0.5) is 0 Å².